The quantitative estimate of drug-likeness (QED) is 0.378. The zero-order valence-corrected chi connectivity index (χ0v) is 15.2. The minimum atomic E-state index is -0.395. The van der Waals surface area contributed by atoms with Crippen molar-refractivity contribution in [2.45, 2.75) is 13.8 Å². The molecule has 0 aliphatic rings. The number of benzene rings is 2. The summed E-state index contributed by atoms with van der Waals surface area (Å²) in [6.07, 6.45) is 0. The number of amides is 2. The van der Waals surface area contributed by atoms with Gasteiger partial charge < -0.3 is 16.0 Å². The number of nitrogens with one attached hydrogen (secondary N) is 4. The number of urea groups is 1. The molecule has 0 aliphatic heterocycles. The molecule has 0 aliphatic carbocycles. The molecule has 25 heavy (non-hydrogen) atoms. The molecule has 0 unspecified atom stereocenters. The second-order valence-electron chi connectivity index (χ2n) is 5.36. The van der Waals surface area contributed by atoms with Gasteiger partial charge in [0, 0.05) is 18.4 Å². The van der Waals surface area contributed by atoms with E-state index in [1.165, 1.54) is 0 Å². The number of para-hydroxylation sites is 2. The van der Waals surface area contributed by atoms with Gasteiger partial charge in [0.15, 0.2) is 5.11 Å². The summed E-state index contributed by atoms with van der Waals surface area (Å²) in [5.41, 5.74) is 3.59. The average Bonchev–Trinajstić information content (AvgIpc) is 2.58. The molecule has 0 bridgehead atoms. The highest BCUT2D eigenvalue weighted by molar-refractivity contribution is 7.80. The van der Waals surface area contributed by atoms with Crippen molar-refractivity contribution in [2.24, 2.45) is 4.99 Å². The van der Waals surface area contributed by atoms with Crippen LogP contribution < -0.4 is 21.3 Å². The van der Waals surface area contributed by atoms with E-state index in [-0.39, 0.29) is 5.96 Å². The smallest absolute Gasteiger partial charge is 0.326 e. The second-order valence-corrected chi connectivity index (χ2v) is 5.77. The molecule has 2 amide bonds. The fraction of sp³-hybridized carbons (Fsp3) is 0.167. The summed E-state index contributed by atoms with van der Waals surface area (Å²) in [6, 6.07) is 14.9. The van der Waals surface area contributed by atoms with Crippen LogP contribution in [0.5, 0.6) is 0 Å². The lowest BCUT2D eigenvalue weighted by molar-refractivity contribution is 0.256. The lowest BCUT2D eigenvalue weighted by Crippen LogP contribution is -2.46. The van der Waals surface area contributed by atoms with E-state index in [4.69, 9.17) is 12.2 Å². The van der Waals surface area contributed by atoms with Crippen LogP contribution >= 0.6 is 12.2 Å². The molecule has 2 aromatic rings. The number of aryl methyl sites for hydroxylation is 2. The predicted octanol–water partition coefficient (Wildman–Crippen LogP) is 3.40. The van der Waals surface area contributed by atoms with Gasteiger partial charge in [0.25, 0.3) is 0 Å². The van der Waals surface area contributed by atoms with Crippen LogP contribution in [0.1, 0.15) is 11.1 Å². The van der Waals surface area contributed by atoms with Gasteiger partial charge in [-0.05, 0) is 49.3 Å². The first-order valence-corrected chi connectivity index (χ1v) is 8.14. The zero-order valence-electron chi connectivity index (χ0n) is 14.4. The summed E-state index contributed by atoms with van der Waals surface area (Å²) in [5.74, 6) is 0.247. The molecule has 130 valence electrons. The number of guanidine groups is 1. The monoisotopic (exact) mass is 355 g/mol. The summed E-state index contributed by atoms with van der Waals surface area (Å²) < 4.78 is 0. The van der Waals surface area contributed by atoms with Crippen molar-refractivity contribution in [1.82, 2.24) is 10.6 Å². The lowest BCUT2D eigenvalue weighted by Gasteiger charge is -2.15. The number of hydrogen-bond donors (Lipinski definition) is 4. The third kappa shape index (κ3) is 5.58. The van der Waals surface area contributed by atoms with Gasteiger partial charge in [-0.15, -0.1) is 0 Å². The first kappa shape index (κ1) is 18.4. The normalized spacial score (nSPS) is 10.8. The molecule has 0 saturated heterocycles. The summed E-state index contributed by atoms with van der Waals surface area (Å²) >= 11 is 5.23. The molecular weight excluding hydrogens is 334 g/mol. The Morgan fingerprint density at radius 3 is 2.16 bits per heavy atom. The fourth-order valence-corrected chi connectivity index (χ4v) is 2.41. The Morgan fingerprint density at radius 1 is 0.920 bits per heavy atom. The van der Waals surface area contributed by atoms with Crippen molar-refractivity contribution in [3.05, 3.63) is 59.7 Å². The van der Waals surface area contributed by atoms with E-state index < -0.39 is 6.03 Å². The number of anilines is 2. The minimum Gasteiger partial charge on any atom is -0.332 e. The molecule has 0 fully saturated rings. The number of aliphatic imine (C=N–C) groups is 1. The van der Waals surface area contributed by atoms with Crippen molar-refractivity contribution in [2.75, 3.05) is 17.7 Å². The van der Waals surface area contributed by atoms with Crippen molar-refractivity contribution in [3.8, 4) is 0 Å². The van der Waals surface area contributed by atoms with E-state index in [1.54, 1.807) is 7.05 Å². The minimum absolute atomic E-state index is 0.247. The molecule has 2 rings (SSSR count). The Labute approximate surface area is 152 Å². The maximum absolute atomic E-state index is 12.2. The van der Waals surface area contributed by atoms with Gasteiger partial charge in [-0.25, -0.2) is 4.79 Å². The third-order valence-corrected chi connectivity index (χ3v) is 3.64. The SMILES string of the molecule is CN=C(NC(=O)Nc1c(C)cccc1C)NC(=S)Nc1ccccc1. The first-order chi connectivity index (χ1) is 12.0. The third-order valence-electron chi connectivity index (χ3n) is 3.44. The van der Waals surface area contributed by atoms with Crippen LogP contribution in [0.15, 0.2) is 53.5 Å². The lowest BCUT2D eigenvalue weighted by atomic mass is 10.1. The van der Waals surface area contributed by atoms with Crippen LogP contribution in [0.4, 0.5) is 16.2 Å². The maximum atomic E-state index is 12.2. The van der Waals surface area contributed by atoms with Crippen molar-refractivity contribution >= 4 is 40.7 Å². The second kappa shape index (κ2) is 8.79. The summed E-state index contributed by atoms with van der Waals surface area (Å²) in [5, 5.41) is 11.7. The average molecular weight is 355 g/mol. The highest BCUT2D eigenvalue weighted by Crippen LogP contribution is 2.18. The zero-order chi connectivity index (χ0) is 18.2. The van der Waals surface area contributed by atoms with Crippen LogP contribution in [0.3, 0.4) is 0 Å². The van der Waals surface area contributed by atoms with E-state index in [1.807, 2.05) is 62.4 Å². The number of nitrogens with zero attached hydrogens (tertiary/aromatic N) is 1. The largest absolute Gasteiger partial charge is 0.332 e. The molecule has 0 radical (unpaired) electrons. The van der Waals surface area contributed by atoms with Crippen LogP contribution in [-0.2, 0) is 0 Å². The molecule has 0 heterocycles. The Kier molecular flexibility index (Phi) is 6.47. The molecular formula is C18H21N5OS. The summed E-state index contributed by atoms with van der Waals surface area (Å²) in [6.45, 7) is 3.88. The maximum Gasteiger partial charge on any atom is 0.326 e. The number of rotatable bonds is 2. The number of carbonyl (C=O) groups excluding carboxylic acids is 1. The van der Waals surface area contributed by atoms with Crippen molar-refractivity contribution in [3.63, 3.8) is 0 Å². The number of hydrogen-bond acceptors (Lipinski definition) is 3. The van der Waals surface area contributed by atoms with E-state index in [2.05, 4.69) is 26.3 Å². The molecule has 0 spiro atoms. The molecule has 6 nitrogen and oxygen atoms in total. The number of carbonyl (C=O) groups is 1. The highest BCUT2D eigenvalue weighted by atomic mass is 32.1. The predicted molar refractivity (Wildman–Crippen MR) is 107 cm³/mol. The van der Waals surface area contributed by atoms with Crippen LogP contribution in [0.25, 0.3) is 0 Å². The molecule has 0 atom stereocenters. The molecule has 2 aromatic carbocycles. The highest BCUT2D eigenvalue weighted by Gasteiger charge is 2.10. The Bertz CT molecular complexity index is 769. The molecule has 7 heteroatoms. The van der Waals surface area contributed by atoms with E-state index in [9.17, 15) is 4.79 Å². The Hall–Kier alpha value is -2.93. The molecule has 4 N–H and O–H groups in total. The van der Waals surface area contributed by atoms with Crippen molar-refractivity contribution in [1.29, 1.82) is 0 Å². The van der Waals surface area contributed by atoms with Crippen molar-refractivity contribution < 1.29 is 4.79 Å². The standard InChI is InChI=1S/C18H21N5OS/c1-12-8-7-9-13(2)15(12)21-17(24)22-16(19-3)23-18(25)20-14-10-5-4-6-11-14/h4-11H,1-3H3,(H4,19,20,21,22,23,24,25). The van der Waals surface area contributed by atoms with Crippen LogP contribution in [0, 0.1) is 13.8 Å². The Balaban J connectivity index is 1.93. The summed E-state index contributed by atoms with van der Waals surface area (Å²) in [7, 11) is 1.56. The van der Waals surface area contributed by atoms with E-state index in [0.717, 1.165) is 22.5 Å². The Morgan fingerprint density at radius 2 is 1.56 bits per heavy atom. The molecule has 0 aromatic heterocycles. The van der Waals surface area contributed by atoms with Gasteiger partial charge in [-0.1, -0.05) is 36.4 Å². The van der Waals surface area contributed by atoms with E-state index in [0.29, 0.717) is 5.11 Å². The van der Waals surface area contributed by atoms with Gasteiger partial charge in [-0.2, -0.15) is 0 Å². The first-order valence-electron chi connectivity index (χ1n) is 7.73. The van der Waals surface area contributed by atoms with Gasteiger partial charge in [0.2, 0.25) is 5.96 Å². The van der Waals surface area contributed by atoms with Crippen LogP contribution in [0.2, 0.25) is 0 Å². The van der Waals surface area contributed by atoms with Gasteiger partial charge >= 0.3 is 6.03 Å². The van der Waals surface area contributed by atoms with Gasteiger partial charge in [0.05, 0.1) is 0 Å². The molecule has 0 saturated carbocycles. The van der Waals surface area contributed by atoms with Crippen LogP contribution in [-0.4, -0.2) is 24.2 Å². The fourth-order valence-electron chi connectivity index (χ4n) is 2.20. The summed E-state index contributed by atoms with van der Waals surface area (Å²) in [4.78, 5) is 16.2. The van der Waals surface area contributed by atoms with Gasteiger partial charge in [0.1, 0.15) is 0 Å². The van der Waals surface area contributed by atoms with Gasteiger partial charge in [-0.3, -0.25) is 10.3 Å². The number of thiocarbonyl (C=S) groups is 1. The topological polar surface area (TPSA) is 77.5 Å². The van der Waals surface area contributed by atoms with E-state index >= 15 is 0 Å².